The summed E-state index contributed by atoms with van der Waals surface area (Å²) in [4.78, 5) is 0. The van der Waals surface area contributed by atoms with E-state index in [-0.39, 0.29) is 6.04 Å². The minimum Gasteiger partial charge on any atom is -0.508 e. The Kier molecular flexibility index (Phi) is 4.51. The summed E-state index contributed by atoms with van der Waals surface area (Å²) in [7, 11) is 0. The first kappa shape index (κ1) is 14.3. The Bertz CT molecular complexity index is 581. The quantitative estimate of drug-likeness (QED) is 0.853. The van der Waals surface area contributed by atoms with Gasteiger partial charge in [0.25, 0.3) is 0 Å². The summed E-state index contributed by atoms with van der Waals surface area (Å²) >= 11 is 0. The Balaban J connectivity index is 2.21. The minimum absolute atomic E-state index is 0.00259. The van der Waals surface area contributed by atoms with Crippen LogP contribution in [0.3, 0.4) is 0 Å². The Hall–Kier alpha value is -2.16. The van der Waals surface area contributed by atoms with Crippen molar-refractivity contribution in [2.75, 3.05) is 11.9 Å². The average molecular weight is 271 g/mol. The number of nitrogens with one attached hydrogen (secondary N) is 1. The fourth-order valence-electron chi connectivity index (χ4n) is 2.20. The lowest BCUT2D eigenvalue weighted by Crippen LogP contribution is -2.08. The van der Waals surface area contributed by atoms with Gasteiger partial charge in [0.2, 0.25) is 0 Å². The van der Waals surface area contributed by atoms with Gasteiger partial charge in [-0.05, 0) is 44.5 Å². The SMILES string of the molecule is CCOc1ccccc1NC(C)c1ccc(C)cc1O. The van der Waals surface area contributed by atoms with E-state index in [0.717, 1.165) is 22.6 Å². The third-order valence-corrected chi connectivity index (χ3v) is 3.21. The van der Waals surface area contributed by atoms with E-state index >= 15 is 0 Å². The highest BCUT2D eigenvalue weighted by Gasteiger charge is 2.12. The molecule has 2 N–H and O–H groups in total. The molecule has 1 unspecified atom stereocenters. The van der Waals surface area contributed by atoms with E-state index in [1.54, 1.807) is 6.07 Å². The molecule has 2 aromatic carbocycles. The number of anilines is 1. The predicted molar refractivity (Wildman–Crippen MR) is 82.5 cm³/mol. The second kappa shape index (κ2) is 6.33. The van der Waals surface area contributed by atoms with Gasteiger partial charge in [0.1, 0.15) is 11.5 Å². The van der Waals surface area contributed by atoms with Crippen molar-refractivity contribution in [3.05, 3.63) is 53.6 Å². The molecule has 0 fully saturated rings. The van der Waals surface area contributed by atoms with Crippen molar-refractivity contribution in [1.82, 2.24) is 0 Å². The molecule has 0 aliphatic heterocycles. The summed E-state index contributed by atoms with van der Waals surface area (Å²) in [6.45, 7) is 6.58. The first-order valence-electron chi connectivity index (χ1n) is 6.89. The first-order valence-corrected chi connectivity index (χ1v) is 6.89. The lowest BCUT2D eigenvalue weighted by Gasteiger charge is -2.19. The van der Waals surface area contributed by atoms with Crippen molar-refractivity contribution in [1.29, 1.82) is 0 Å². The highest BCUT2D eigenvalue weighted by atomic mass is 16.5. The molecule has 0 heterocycles. The van der Waals surface area contributed by atoms with E-state index in [4.69, 9.17) is 4.74 Å². The van der Waals surface area contributed by atoms with Crippen LogP contribution in [0.4, 0.5) is 5.69 Å². The van der Waals surface area contributed by atoms with Crippen LogP contribution >= 0.6 is 0 Å². The summed E-state index contributed by atoms with van der Waals surface area (Å²) in [5.74, 6) is 1.15. The van der Waals surface area contributed by atoms with Crippen molar-refractivity contribution >= 4 is 5.69 Å². The van der Waals surface area contributed by atoms with Gasteiger partial charge in [0, 0.05) is 5.56 Å². The Morgan fingerprint density at radius 3 is 2.65 bits per heavy atom. The molecular formula is C17H21NO2. The Morgan fingerprint density at radius 2 is 1.95 bits per heavy atom. The van der Waals surface area contributed by atoms with Gasteiger partial charge in [0.05, 0.1) is 18.3 Å². The van der Waals surface area contributed by atoms with Gasteiger partial charge in [-0.1, -0.05) is 24.3 Å². The Morgan fingerprint density at radius 1 is 1.20 bits per heavy atom. The molecule has 2 aromatic rings. The number of ether oxygens (including phenoxy) is 1. The molecule has 106 valence electrons. The number of benzene rings is 2. The van der Waals surface area contributed by atoms with Gasteiger partial charge in [-0.3, -0.25) is 0 Å². The number of phenolic OH excluding ortho intramolecular Hbond substituents is 1. The normalized spacial score (nSPS) is 11.9. The van der Waals surface area contributed by atoms with E-state index in [1.165, 1.54) is 0 Å². The van der Waals surface area contributed by atoms with Crippen molar-refractivity contribution in [3.8, 4) is 11.5 Å². The molecule has 3 heteroatoms. The van der Waals surface area contributed by atoms with Crippen LogP contribution in [0.2, 0.25) is 0 Å². The number of aryl methyl sites for hydroxylation is 1. The van der Waals surface area contributed by atoms with Gasteiger partial charge < -0.3 is 15.2 Å². The highest BCUT2D eigenvalue weighted by molar-refractivity contribution is 5.58. The maximum absolute atomic E-state index is 10.0. The molecule has 0 saturated heterocycles. The molecule has 3 nitrogen and oxygen atoms in total. The monoisotopic (exact) mass is 271 g/mol. The van der Waals surface area contributed by atoms with Crippen molar-refractivity contribution < 1.29 is 9.84 Å². The van der Waals surface area contributed by atoms with Crippen LogP contribution in [0.5, 0.6) is 11.5 Å². The Labute approximate surface area is 120 Å². The molecule has 0 amide bonds. The summed E-state index contributed by atoms with van der Waals surface area (Å²) < 4.78 is 5.60. The molecule has 0 radical (unpaired) electrons. The van der Waals surface area contributed by atoms with Gasteiger partial charge in [0.15, 0.2) is 0 Å². The van der Waals surface area contributed by atoms with Crippen LogP contribution in [-0.4, -0.2) is 11.7 Å². The number of rotatable bonds is 5. The third-order valence-electron chi connectivity index (χ3n) is 3.21. The van der Waals surface area contributed by atoms with Crippen LogP contribution < -0.4 is 10.1 Å². The second-order valence-electron chi connectivity index (χ2n) is 4.86. The second-order valence-corrected chi connectivity index (χ2v) is 4.86. The zero-order valence-corrected chi connectivity index (χ0v) is 12.2. The number of para-hydroxylation sites is 2. The number of aromatic hydroxyl groups is 1. The third kappa shape index (κ3) is 3.23. The lowest BCUT2D eigenvalue weighted by molar-refractivity contribution is 0.341. The van der Waals surface area contributed by atoms with Gasteiger partial charge in [-0.25, -0.2) is 0 Å². The van der Waals surface area contributed by atoms with Crippen LogP contribution in [0.25, 0.3) is 0 Å². The highest BCUT2D eigenvalue weighted by Crippen LogP contribution is 2.31. The molecule has 0 saturated carbocycles. The van der Waals surface area contributed by atoms with E-state index < -0.39 is 0 Å². The zero-order valence-electron chi connectivity index (χ0n) is 12.2. The standard InChI is InChI=1S/C17H21NO2/c1-4-20-17-8-6-5-7-15(17)18-13(3)14-10-9-12(2)11-16(14)19/h5-11,13,18-19H,4H2,1-3H3. The molecule has 0 bridgehead atoms. The molecule has 0 aromatic heterocycles. The minimum atomic E-state index is -0.00259. The maximum atomic E-state index is 10.0. The summed E-state index contributed by atoms with van der Waals surface area (Å²) in [5.41, 5.74) is 2.86. The molecule has 20 heavy (non-hydrogen) atoms. The van der Waals surface area contributed by atoms with E-state index in [1.807, 2.05) is 57.2 Å². The summed E-state index contributed by atoms with van der Waals surface area (Å²) in [6, 6.07) is 13.6. The van der Waals surface area contributed by atoms with E-state index in [0.29, 0.717) is 12.4 Å². The van der Waals surface area contributed by atoms with Crippen LogP contribution in [-0.2, 0) is 0 Å². The van der Waals surface area contributed by atoms with Gasteiger partial charge in [-0.2, -0.15) is 0 Å². The van der Waals surface area contributed by atoms with Crippen LogP contribution in [0, 0.1) is 6.92 Å². The van der Waals surface area contributed by atoms with Crippen molar-refractivity contribution in [3.63, 3.8) is 0 Å². The lowest BCUT2D eigenvalue weighted by atomic mass is 10.0. The smallest absolute Gasteiger partial charge is 0.142 e. The average Bonchev–Trinajstić information content (AvgIpc) is 2.41. The van der Waals surface area contributed by atoms with Gasteiger partial charge in [-0.15, -0.1) is 0 Å². The summed E-state index contributed by atoms with van der Waals surface area (Å²) in [6.07, 6.45) is 0. The fraction of sp³-hybridized carbons (Fsp3) is 0.294. The van der Waals surface area contributed by atoms with Crippen LogP contribution in [0.15, 0.2) is 42.5 Å². The maximum Gasteiger partial charge on any atom is 0.142 e. The first-order chi connectivity index (χ1) is 9.61. The number of hydrogen-bond acceptors (Lipinski definition) is 3. The fourth-order valence-corrected chi connectivity index (χ4v) is 2.20. The predicted octanol–water partition coefficient (Wildman–Crippen LogP) is 4.27. The van der Waals surface area contributed by atoms with E-state index in [2.05, 4.69) is 5.32 Å². The number of phenols is 1. The van der Waals surface area contributed by atoms with Crippen molar-refractivity contribution in [2.45, 2.75) is 26.8 Å². The largest absolute Gasteiger partial charge is 0.508 e. The molecule has 0 aliphatic carbocycles. The topological polar surface area (TPSA) is 41.5 Å². The molecule has 0 aliphatic rings. The number of hydrogen-bond donors (Lipinski definition) is 2. The molecular weight excluding hydrogens is 250 g/mol. The van der Waals surface area contributed by atoms with E-state index in [9.17, 15) is 5.11 Å². The van der Waals surface area contributed by atoms with Gasteiger partial charge >= 0.3 is 0 Å². The molecule has 1 atom stereocenters. The van der Waals surface area contributed by atoms with Crippen LogP contribution in [0.1, 0.15) is 31.0 Å². The molecule has 2 rings (SSSR count). The summed E-state index contributed by atoms with van der Waals surface area (Å²) in [5, 5.41) is 13.4. The van der Waals surface area contributed by atoms with Crippen molar-refractivity contribution in [2.24, 2.45) is 0 Å². The molecule has 0 spiro atoms. The zero-order chi connectivity index (χ0) is 14.5.